The van der Waals surface area contributed by atoms with Crippen molar-refractivity contribution < 1.29 is 4.79 Å². The molecule has 0 fully saturated rings. The molecule has 1 nitrogen and oxygen atoms in total. The van der Waals surface area contributed by atoms with Gasteiger partial charge in [-0.15, -0.1) is 0 Å². The molecule has 0 aliphatic carbocycles. The van der Waals surface area contributed by atoms with E-state index in [9.17, 15) is 4.79 Å². The van der Waals surface area contributed by atoms with Crippen molar-refractivity contribution in [2.75, 3.05) is 11.5 Å². The number of carbonyl (C=O) groups excluding carboxylic acids is 1. The van der Waals surface area contributed by atoms with Crippen LogP contribution >= 0.6 is 11.8 Å². The van der Waals surface area contributed by atoms with E-state index in [1.165, 1.54) is 70.0 Å². The third kappa shape index (κ3) is 14.1. The first-order valence-electron chi connectivity index (χ1n) is 7.76. The van der Waals surface area contributed by atoms with Crippen LogP contribution in [0.4, 0.5) is 0 Å². The Balaban J connectivity index is 2.96. The van der Waals surface area contributed by atoms with Gasteiger partial charge in [0.25, 0.3) is 0 Å². The summed E-state index contributed by atoms with van der Waals surface area (Å²) < 4.78 is 0. The number of unbranched alkanes of at least 4 members (excludes halogenated alkanes) is 9. The van der Waals surface area contributed by atoms with Crippen LogP contribution in [0.3, 0.4) is 0 Å². The number of rotatable bonds is 14. The molecule has 107 valence electrons. The largest absolute Gasteiger partial charge is 0.291 e. The van der Waals surface area contributed by atoms with Crippen molar-refractivity contribution in [3.05, 3.63) is 0 Å². The van der Waals surface area contributed by atoms with Crippen LogP contribution in [-0.2, 0) is 4.79 Å². The molecule has 0 aromatic carbocycles. The molecule has 0 saturated carbocycles. The van der Waals surface area contributed by atoms with Gasteiger partial charge < -0.3 is 0 Å². The Morgan fingerprint density at radius 1 is 0.889 bits per heavy atom. The van der Waals surface area contributed by atoms with Gasteiger partial charge in [0.1, 0.15) is 0 Å². The molecule has 0 bridgehead atoms. The first-order valence-corrected chi connectivity index (χ1v) is 8.92. The predicted molar refractivity (Wildman–Crippen MR) is 84.0 cm³/mol. The Morgan fingerprint density at radius 2 is 1.39 bits per heavy atom. The zero-order chi connectivity index (χ0) is 13.5. The van der Waals surface area contributed by atoms with Gasteiger partial charge >= 0.3 is 0 Å². The summed E-state index contributed by atoms with van der Waals surface area (Å²) >= 11 is 1.90. The second-order valence-corrected chi connectivity index (χ2v) is 6.43. The maximum absolute atomic E-state index is 10.3. The van der Waals surface area contributed by atoms with Gasteiger partial charge in [-0.25, -0.2) is 0 Å². The van der Waals surface area contributed by atoms with Crippen LogP contribution in [0.25, 0.3) is 0 Å². The van der Waals surface area contributed by atoms with E-state index in [0.29, 0.717) is 0 Å². The molecule has 18 heavy (non-hydrogen) atoms. The van der Waals surface area contributed by atoms with Gasteiger partial charge in [-0.05, 0) is 12.2 Å². The standard InChI is InChI=1S/C16H31OS/c1-3-4-5-6-7-8-9-10-11-12-13-18-15-16(2)14-17/h16H,3-13,15H2,1-2H3. The molecular weight excluding hydrogens is 240 g/mol. The molecule has 1 atom stereocenters. The van der Waals surface area contributed by atoms with Crippen LogP contribution in [0.15, 0.2) is 0 Å². The normalized spacial score (nSPS) is 12.6. The van der Waals surface area contributed by atoms with Crippen LogP contribution in [0.2, 0.25) is 0 Å². The molecule has 0 aliphatic heterocycles. The highest BCUT2D eigenvalue weighted by Gasteiger charge is 2.00. The summed E-state index contributed by atoms with van der Waals surface area (Å²) in [7, 11) is 0. The SMILES string of the molecule is CCCCCCCCCCCCSCC(C)[C]=O. The van der Waals surface area contributed by atoms with Crippen molar-refractivity contribution >= 4 is 18.0 Å². The summed E-state index contributed by atoms with van der Waals surface area (Å²) in [5, 5.41) is 0. The maximum Gasteiger partial charge on any atom is 0.202 e. The minimum absolute atomic E-state index is 0.109. The zero-order valence-corrected chi connectivity index (χ0v) is 13.2. The quantitative estimate of drug-likeness (QED) is 0.394. The van der Waals surface area contributed by atoms with Gasteiger partial charge in [0.15, 0.2) is 0 Å². The van der Waals surface area contributed by atoms with E-state index in [-0.39, 0.29) is 5.92 Å². The summed E-state index contributed by atoms with van der Waals surface area (Å²) in [6.07, 6.45) is 16.0. The van der Waals surface area contributed by atoms with E-state index in [2.05, 4.69) is 6.92 Å². The molecule has 0 spiro atoms. The van der Waals surface area contributed by atoms with Crippen molar-refractivity contribution in [3.8, 4) is 0 Å². The van der Waals surface area contributed by atoms with Crippen LogP contribution in [0.5, 0.6) is 0 Å². The van der Waals surface area contributed by atoms with Crippen LogP contribution in [0.1, 0.15) is 78.1 Å². The van der Waals surface area contributed by atoms with Crippen LogP contribution < -0.4 is 0 Å². The molecule has 1 unspecified atom stereocenters. The summed E-state index contributed by atoms with van der Waals surface area (Å²) in [6, 6.07) is 0. The van der Waals surface area contributed by atoms with E-state index in [1.807, 2.05) is 25.0 Å². The third-order valence-corrected chi connectivity index (χ3v) is 4.52. The molecule has 0 aliphatic rings. The van der Waals surface area contributed by atoms with E-state index < -0.39 is 0 Å². The van der Waals surface area contributed by atoms with Crippen LogP contribution in [0, 0.1) is 5.92 Å². The van der Waals surface area contributed by atoms with Crippen LogP contribution in [-0.4, -0.2) is 17.8 Å². The lowest BCUT2D eigenvalue weighted by Crippen LogP contribution is -1.99. The van der Waals surface area contributed by atoms with Crippen molar-refractivity contribution in [2.45, 2.75) is 78.1 Å². The van der Waals surface area contributed by atoms with Crippen molar-refractivity contribution in [1.29, 1.82) is 0 Å². The molecule has 0 rings (SSSR count). The molecule has 0 N–H and O–H groups in total. The Labute approximate surface area is 118 Å². The smallest absolute Gasteiger partial charge is 0.202 e. The molecule has 0 aromatic rings. The summed E-state index contributed by atoms with van der Waals surface area (Å²) in [5.41, 5.74) is 0. The molecule has 0 heterocycles. The summed E-state index contributed by atoms with van der Waals surface area (Å²) in [4.78, 5) is 10.3. The fraction of sp³-hybridized carbons (Fsp3) is 0.938. The van der Waals surface area contributed by atoms with Gasteiger partial charge in [0.2, 0.25) is 6.29 Å². The van der Waals surface area contributed by atoms with E-state index >= 15 is 0 Å². The molecular formula is C16H31OS. The fourth-order valence-electron chi connectivity index (χ4n) is 1.99. The zero-order valence-electron chi connectivity index (χ0n) is 12.4. The Kier molecular flexibility index (Phi) is 15.1. The van der Waals surface area contributed by atoms with Gasteiger partial charge in [0.05, 0.1) is 0 Å². The second-order valence-electron chi connectivity index (χ2n) is 5.28. The lowest BCUT2D eigenvalue weighted by molar-refractivity contribution is 0.538. The lowest BCUT2D eigenvalue weighted by Gasteiger charge is -2.04. The van der Waals surface area contributed by atoms with Gasteiger partial charge in [-0.3, -0.25) is 4.79 Å². The molecule has 0 aromatic heterocycles. The minimum atomic E-state index is 0.109. The number of hydrogen-bond donors (Lipinski definition) is 0. The number of thioether (sulfide) groups is 1. The highest BCUT2D eigenvalue weighted by atomic mass is 32.2. The monoisotopic (exact) mass is 271 g/mol. The average molecular weight is 271 g/mol. The maximum atomic E-state index is 10.3. The average Bonchev–Trinajstić information content (AvgIpc) is 2.39. The van der Waals surface area contributed by atoms with Gasteiger partial charge in [-0.1, -0.05) is 71.6 Å². The first kappa shape index (κ1) is 18.0. The summed E-state index contributed by atoms with van der Waals surface area (Å²) in [6.45, 7) is 4.21. The van der Waals surface area contributed by atoms with E-state index in [4.69, 9.17) is 0 Å². The minimum Gasteiger partial charge on any atom is -0.291 e. The highest BCUT2D eigenvalue weighted by Crippen LogP contribution is 2.13. The molecule has 0 saturated heterocycles. The van der Waals surface area contributed by atoms with E-state index in [0.717, 1.165) is 5.75 Å². The van der Waals surface area contributed by atoms with Crippen molar-refractivity contribution in [3.63, 3.8) is 0 Å². The first-order chi connectivity index (χ1) is 8.81. The lowest BCUT2D eigenvalue weighted by atomic mass is 10.1. The van der Waals surface area contributed by atoms with Crippen molar-refractivity contribution in [1.82, 2.24) is 0 Å². The Morgan fingerprint density at radius 3 is 1.89 bits per heavy atom. The predicted octanol–water partition coefficient (Wildman–Crippen LogP) is 5.39. The Hall–Kier alpha value is 0.0200. The van der Waals surface area contributed by atoms with E-state index in [1.54, 1.807) is 0 Å². The highest BCUT2D eigenvalue weighted by molar-refractivity contribution is 7.99. The van der Waals surface area contributed by atoms with Crippen molar-refractivity contribution in [2.24, 2.45) is 5.92 Å². The molecule has 0 amide bonds. The molecule has 1 radical (unpaired) electrons. The van der Waals surface area contributed by atoms with Gasteiger partial charge in [-0.2, -0.15) is 11.8 Å². The third-order valence-electron chi connectivity index (χ3n) is 3.21. The second kappa shape index (κ2) is 15.1. The topological polar surface area (TPSA) is 17.1 Å². The fourth-order valence-corrected chi connectivity index (χ4v) is 2.98. The Bertz CT molecular complexity index is 170. The number of hydrogen-bond acceptors (Lipinski definition) is 2. The van der Waals surface area contributed by atoms with Gasteiger partial charge in [0, 0.05) is 11.7 Å². The summed E-state index contributed by atoms with van der Waals surface area (Å²) in [5.74, 6) is 2.27. The molecule has 2 heteroatoms.